The maximum Gasteiger partial charge on any atom is 0.158 e. The quantitative estimate of drug-likeness (QED) is 0.723. The molecule has 1 N–H and O–H groups in total. The summed E-state index contributed by atoms with van der Waals surface area (Å²) in [6.45, 7) is 7.53. The molecular weight excluding hydrogens is 362 g/mol. The fourth-order valence-electron chi connectivity index (χ4n) is 4.06. The van der Waals surface area contributed by atoms with E-state index in [9.17, 15) is 5.11 Å². The first-order valence-corrected chi connectivity index (χ1v) is 10.4. The van der Waals surface area contributed by atoms with Crippen LogP contribution in [-0.4, -0.2) is 58.0 Å². The number of aliphatic hydroxyl groups is 1. The van der Waals surface area contributed by atoms with Crippen LogP contribution in [0.25, 0.3) is 21.6 Å². The van der Waals surface area contributed by atoms with Crippen LogP contribution in [0.2, 0.25) is 0 Å². The van der Waals surface area contributed by atoms with E-state index in [0.29, 0.717) is 5.92 Å². The second-order valence-electron chi connectivity index (χ2n) is 7.65. The molecular formula is C19H23N5O2S. The highest BCUT2D eigenvalue weighted by atomic mass is 32.1. The van der Waals surface area contributed by atoms with Crippen LogP contribution in [0.1, 0.15) is 30.7 Å². The number of thiazole rings is 1. The van der Waals surface area contributed by atoms with Crippen LogP contribution in [0.15, 0.2) is 23.0 Å². The number of benzene rings is 1. The Bertz CT molecular complexity index is 941. The van der Waals surface area contributed by atoms with E-state index in [1.54, 1.807) is 13.1 Å². The van der Waals surface area contributed by atoms with Gasteiger partial charge >= 0.3 is 0 Å². The molecule has 0 spiro atoms. The van der Waals surface area contributed by atoms with Crippen molar-refractivity contribution in [1.29, 1.82) is 0 Å². The van der Waals surface area contributed by atoms with E-state index in [1.807, 2.05) is 6.07 Å². The molecule has 1 atom stereocenters. The zero-order valence-electron chi connectivity index (χ0n) is 15.3. The van der Waals surface area contributed by atoms with Crippen LogP contribution >= 0.6 is 11.3 Å². The molecule has 27 heavy (non-hydrogen) atoms. The van der Waals surface area contributed by atoms with Crippen molar-refractivity contribution in [3.8, 4) is 10.6 Å². The van der Waals surface area contributed by atoms with Gasteiger partial charge in [-0.2, -0.15) is 0 Å². The first-order chi connectivity index (χ1) is 13.2. The van der Waals surface area contributed by atoms with E-state index in [1.165, 1.54) is 43.8 Å². The smallest absolute Gasteiger partial charge is 0.158 e. The fourth-order valence-corrected chi connectivity index (χ4v) is 4.90. The standard InChI is InChI=1S/C19H23N5O2S/c1-12(25)17-8-20-19(27-17)14-6-15-18(22-26-21-15)16(7-14)24-10-13(11-24)9-23-4-2-3-5-23/h6-8,12-13,25H,2-5,9-11H2,1H3. The number of fused-ring (bicyclic) bond motifs is 1. The van der Waals surface area contributed by atoms with E-state index in [4.69, 9.17) is 4.63 Å². The van der Waals surface area contributed by atoms with E-state index in [-0.39, 0.29) is 0 Å². The van der Waals surface area contributed by atoms with E-state index in [0.717, 1.165) is 45.3 Å². The Morgan fingerprint density at radius 3 is 2.81 bits per heavy atom. The largest absolute Gasteiger partial charge is 0.388 e. The van der Waals surface area contributed by atoms with Gasteiger partial charge in [0.2, 0.25) is 0 Å². The Hall–Kier alpha value is -2.03. The highest BCUT2D eigenvalue weighted by Crippen LogP contribution is 2.37. The zero-order valence-corrected chi connectivity index (χ0v) is 16.2. The molecule has 1 aromatic carbocycles. The number of rotatable bonds is 5. The summed E-state index contributed by atoms with van der Waals surface area (Å²) in [4.78, 5) is 10.3. The molecule has 1 unspecified atom stereocenters. The summed E-state index contributed by atoms with van der Waals surface area (Å²) < 4.78 is 5.00. The molecule has 2 aliphatic heterocycles. The Morgan fingerprint density at radius 2 is 2.07 bits per heavy atom. The van der Waals surface area contributed by atoms with Gasteiger partial charge in [0.15, 0.2) is 5.52 Å². The van der Waals surface area contributed by atoms with E-state index < -0.39 is 6.10 Å². The minimum absolute atomic E-state index is 0.505. The zero-order chi connectivity index (χ0) is 18.4. The van der Waals surface area contributed by atoms with Gasteiger partial charge in [-0.05, 0) is 55.3 Å². The molecule has 0 amide bonds. The van der Waals surface area contributed by atoms with Crippen molar-refractivity contribution in [2.24, 2.45) is 5.92 Å². The second-order valence-corrected chi connectivity index (χ2v) is 8.71. The number of likely N-dealkylation sites (tertiary alicyclic amines) is 1. The van der Waals surface area contributed by atoms with Crippen molar-refractivity contribution in [2.75, 3.05) is 37.6 Å². The van der Waals surface area contributed by atoms with Crippen molar-refractivity contribution in [2.45, 2.75) is 25.9 Å². The summed E-state index contributed by atoms with van der Waals surface area (Å²) in [5.74, 6) is 0.711. The van der Waals surface area contributed by atoms with Gasteiger partial charge in [0, 0.05) is 37.3 Å². The van der Waals surface area contributed by atoms with E-state index >= 15 is 0 Å². The first kappa shape index (κ1) is 17.1. The molecule has 3 aromatic rings. The summed E-state index contributed by atoms with van der Waals surface area (Å²) in [5.41, 5.74) is 3.62. The number of hydrogen-bond donors (Lipinski definition) is 1. The lowest BCUT2D eigenvalue weighted by atomic mass is 9.97. The molecule has 5 rings (SSSR count). The Kier molecular flexibility index (Phi) is 4.34. The third-order valence-corrected chi connectivity index (χ3v) is 6.75. The van der Waals surface area contributed by atoms with Crippen molar-refractivity contribution >= 4 is 28.1 Å². The molecule has 8 heteroatoms. The lowest BCUT2D eigenvalue weighted by Crippen LogP contribution is -2.51. The maximum absolute atomic E-state index is 9.78. The van der Waals surface area contributed by atoms with Crippen molar-refractivity contribution < 1.29 is 9.74 Å². The number of aliphatic hydroxyl groups excluding tert-OH is 1. The second kappa shape index (κ2) is 6.85. The number of hydrogen-bond acceptors (Lipinski definition) is 8. The van der Waals surface area contributed by atoms with Crippen LogP contribution < -0.4 is 4.90 Å². The van der Waals surface area contributed by atoms with Gasteiger partial charge in [0.05, 0.1) is 16.7 Å². The average Bonchev–Trinajstić information content (AvgIpc) is 3.37. The Balaban J connectivity index is 1.39. The summed E-state index contributed by atoms with van der Waals surface area (Å²) in [6, 6.07) is 4.09. The first-order valence-electron chi connectivity index (χ1n) is 9.55. The lowest BCUT2D eigenvalue weighted by molar-refractivity contribution is 0.203. The number of aromatic nitrogens is 3. The van der Waals surface area contributed by atoms with Gasteiger partial charge in [-0.25, -0.2) is 9.61 Å². The molecule has 0 aliphatic carbocycles. The monoisotopic (exact) mass is 385 g/mol. The number of nitrogens with zero attached hydrogens (tertiary/aromatic N) is 5. The van der Waals surface area contributed by atoms with Crippen LogP contribution in [0.3, 0.4) is 0 Å². The average molecular weight is 385 g/mol. The molecule has 4 heterocycles. The summed E-state index contributed by atoms with van der Waals surface area (Å²) in [6.07, 6.45) is 3.92. The third kappa shape index (κ3) is 3.22. The summed E-state index contributed by atoms with van der Waals surface area (Å²) in [5, 5.41) is 18.8. The third-order valence-electron chi connectivity index (χ3n) is 5.54. The molecule has 2 fully saturated rings. The predicted molar refractivity (Wildman–Crippen MR) is 105 cm³/mol. The minimum atomic E-state index is -0.505. The van der Waals surface area contributed by atoms with Crippen LogP contribution in [0.4, 0.5) is 5.69 Å². The molecule has 2 saturated heterocycles. The predicted octanol–water partition coefficient (Wildman–Crippen LogP) is 2.93. The van der Waals surface area contributed by atoms with Gasteiger partial charge < -0.3 is 14.9 Å². The highest BCUT2D eigenvalue weighted by molar-refractivity contribution is 7.15. The van der Waals surface area contributed by atoms with Gasteiger partial charge in [-0.1, -0.05) is 0 Å². The molecule has 142 valence electrons. The van der Waals surface area contributed by atoms with Crippen molar-refractivity contribution in [3.63, 3.8) is 0 Å². The fraction of sp³-hybridized carbons (Fsp3) is 0.526. The molecule has 0 saturated carbocycles. The summed E-state index contributed by atoms with van der Waals surface area (Å²) in [7, 11) is 0. The van der Waals surface area contributed by atoms with Crippen LogP contribution in [0.5, 0.6) is 0 Å². The molecule has 0 radical (unpaired) electrons. The van der Waals surface area contributed by atoms with Gasteiger partial charge in [-0.3, -0.25) is 0 Å². The normalized spacial score (nSPS) is 19.7. The van der Waals surface area contributed by atoms with Crippen LogP contribution in [-0.2, 0) is 0 Å². The van der Waals surface area contributed by atoms with Crippen LogP contribution in [0, 0.1) is 5.92 Å². The minimum Gasteiger partial charge on any atom is -0.388 e. The van der Waals surface area contributed by atoms with Gasteiger partial charge in [0.1, 0.15) is 10.5 Å². The molecule has 0 bridgehead atoms. The van der Waals surface area contributed by atoms with Crippen molar-refractivity contribution in [3.05, 3.63) is 23.2 Å². The maximum atomic E-state index is 9.78. The van der Waals surface area contributed by atoms with E-state index in [2.05, 4.69) is 31.2 Å². The lowest BCUT2D eigenvalue weighted by Gasteiger charge is -2.42. The Morgan fingerprint density at radius 1 is 1.26 bits per heavy atom. The van der Waals surface area contributed by atoms with Gasteiger partial charge in [-0.15, -0.1) is 11.3 Å². The molecule has 2 aromatic heterocycles. The summed E-state index contributed by atoms with van der Waals surface area (Å²) >= 11 is 1.51. The number of anilines is 1. The van der Waals surface area contributed by atoms with Gasteiger partial charge in [0.25, 0.3) is 0 Å². The SMILES string of the molecule is CC(O)c1cnc(-c2cc(N3CC(CN4CCCC4)C3)c3nonc3c2)s1. The topological polar surface area (TPSA) is 78.5 Å². The highest BCUT2D eigenvalue weighted by Gasteiger charge is 2.31. The Labute approximate surface area is 161 Å². The van der Waals surface area contributed by atoms with Crippen molar-refractivity contribution in [1.82, 2.24) is 20.2 Å². The molecule has 7 nitrogen and oxygen atoms in total. The molecule has 2 aliphatic rings.